The number of pyridine rings is 1. The van der Waals surface area contributed by atoms with E-state index in [1.807, 2.05) is 16.5 Å². The molecule has 0 aliphatic rings. The first-order chi connectivity index (χ1) is 16.3. The van der Waals surface area contributed by atoms with E-state index >= 15 is 0 Å². The normalized spacial score (nSPS) is 11.7. The van der Waals surface area contributed by atoms with E-state index in [1.165, 1.54) is 11.3 Å². The van der Waals surface area contributed by atoms with Gasteiger partial charge < -0.3 is 21.2 Å². The average molecular weight is 489 g/mol. The van der Waals surface area contributed by atoms with Crippen molar-refractivity contribution in [1.82, 2.24) is 19.7 Å². The fourth-order valence-electron chi connectivity index (χ4n) is 2.99. The van der Waals surface area contributed by atoms with Gasteiger partial charge in [-0.3, -0.25) is 4.40 Å². The van der Waals surface area contributed by atoms with Crippen LogP contribution in [0.5, 0.6) is 0 Å². The van der Waals surface area contributed by atoms with Crippen LogP contribution < -0.4 is 16.4 Å². The highest BCUT2D eigenvalue weighted by atomic mass is 32.1. The summed E-state index contributed by atoms with van der Waals surface area (Å²) >= 11 is 1.33. The maximum absolute atomic E-state index is 12.3. The highest BCUT2D eigenvalue weighted by molar-refractivity contribution is 7.13. The number of carbonyl (C=O) groups excluding carboxylic acids is 1. The van der Waals surface area contributed by atoms with Crippen molar-refractivity contribution in [2.45, 2.75) is 12.8 Å². The maximum atomic E-state index is 12.3. The van der Waals surface area contributed by atoms with Crippen molar-refractivity contribution >= 4 is 40.0 Å². The zero-order valence-electron chi connectivity index (χ0n) is 17.4. The number of alkyl halides is 3. The summed E-state index contributed by atoms with van der Waals surface area (Å²) in [5, 5.41) is 10.4. The molecule has 0 spiro atoms. The Morgan fingerprint density at radius 1 is 1.29 bits per heavy atom. The van der Waals surface area contributed by atoms with E-state index in [0.29, 0.717) is 27.7 Å². The van der Waals surface area contributed by atoms with Crippen molar-refractivity contribution in [1.29, 1.82) is 0 Å². The first-order valence-corrected chi connectivity index (χ1v) is 10.7. The number of amides is 2. The number of benzene rings is 1. The van der Waals surface area contributed by atoms with Gasteiger partial charge in [-0.05, 0) is 24.3 Å². The zero-order chi connectivity index (χ0) is 24.1. The number of aromatic nitrogens is 3. The van der Waals surface area contributed by atoms with Gasteiger partial charge in [0.25, 0.3) is 0 Å². The van der Waals surface area contributed by atoms with E-state index in [-0.39, 0.29) is 6.61 Å². The summed E-state index contributed by atoms with van der Waals surface area (Å²) in [7, 11) is 0. The Morgan fingerprint density at radius 2 is 2.15 bits per heavy atom. The number of rotatable bonds is 7. The Kier molecular flexibility index (Phi) is 6.63. The van der Waals surface area contributed by atoms with Gasteiger partial charge in [0.2, 0.25) is 0 Å². The molecular weight excluding hydrogens is 471 g/mol. The largest absolute Gasteiger partial charge is 0.405 e. The lowest BCUT2D eigenvalue weighted by molar-refractivity contribution is -0.122. The van der Waals surface area contributed by atoms with E-state index < -0.39 is 18.8 Å². The molecule has 0 bridgehead atoms. The Balaban J connectivity index is 1.43. The van der Waals surface area contributed by atoms with Crippen LogP contribution in [-0.2, 0) is 11.4 Å². The highest BCUT2D eigenvalue weighted by Gasteiger charge is 2.27. The number of fused-ring (bicyclic) bond motifs is 1. The molecule has 2 amide bonds. The molecule has 0 atom stereocenters. The van der Waals surface area contributed by atoms with Crippen LogP contribution in [0.4, 0.5) is 28.8 Å². The molecule has 34 heavy (non-hydrogen) atoms. The van der Waals surface area contributed by atoms with E-state index in [4.69, 9.17) is 10.6 Å². The van der Waals surface area contributed by atoms with Gasteiger partial charge in [-0.1, -0.05) is 17.3 Å². The van der Waals surface area contributed by atoms with Gasteiger partial charge in [-0.25, -0.2) is 14.8 Å². The van der Waals surface area contributed by atoms with Gasteiger partial charge in [0.1, 0.15) is 12.2 Å². The predicted molar refractivity (Wildman–Crippen MR) is 123 cm³/mol. The standard InChI is InChI=1S/C21H18F3N7O2S/c22-21(23,24)12-27-20(32)30-15-3-1-2-14(7-15)17-9-26-18-6-13(4-5-31(17)18)8-28-33-10-16-11-34-19(25)29-16/h1-9,11H,10,12H2,(H2,25,29)(H2,27,30,32). The molecule has 4 aromatic rings. The molecule has 3 heterocycles. The van der Waals surface area contributed by atoms with Gasteiger partial charge in [0.05, 0.1) is 23.8 Å². The van der Waals surface area contributed by atoms with E-state index in [9.17, 15) is 18.0 Å². The summed E-state index contributed by atoms with van der Waals surface area (Å²) < 4.78 is 38.6. The summed E-state index contributed by atoms with van der Waals surface area (Å²) in [6.45, 7) is -1.21. The quantitative estimate of drug-likeness (QED) is 0.265. The molecule has 0 saturated heterocycles. The van der Waals surface area contributed by atoms with Crippen molar-refractivity contribution in [2.24, 2.45) is 5.16 Å². The number of imidazole rings is 1. The fraction of sp³-hybridized carbons (Fsp3) is 0.143. The minimum atomic E-state index is -4.48. The first kappa shape index (κ1) is 23.0. The minimum Gasteiger partial charge on any atom is -0.389 e. The second-order valence-electron chi connectivity index (χ2n) is 7.02. The van der Waals surface area contributed by atoms with Gasteiger partial charge in [0, 0.05) is 28.4 Å². The smallest absolute Gasteiger partial charge is 0.389 e. The van der Waals surface area contributed by atoms with E-state index in [1.54, 1.807) is 53.6 Å². The number of thiazole rings is 1. The third kappa shape index (κ3) is 6.01. The molecular formula is C21H18F3N7O2S. The Morgan fingerprint density at radius 3 is 2.91 bits per heavy atom. The Hall–Kier alpha value is -4.13. The van der Waals surface area contributed by atoms with Crippen LogP contribution >= 0.6 is 11.3 Å². The molecule has 0 saturated carbocycles. The lowest BCUT2D eigenvalue weighted by Crippen LogP contribution is -2.36. The Labute approximate surface area is 195 Å². The third-order valence-electron chi connectivity index (χ3n) is 4.46. The first-order valence-electron chi connectivity index (χ1n) is 9.81. The van der Waals surface area contributed by atoms with Crippen LogP contribution in [0, 0.1) is 0 Å². The second-order valence-corrected chi connectivity index (χ2v) is 7.91. The van der Waals surface area contributed by atoms with Crippen LogP contribution in [-0.4, -0.2) is 39.3 Å². The van der Waals surface area contributed by atoms with Gasteiger partial charge >= 0.3 is 12.2 Å². The number of nitrogens with one attached hydrogen (secondary N) is 2. The van der Waals surface area contributed by atoms with Gasteiger partial charge in [-0.2, -0.15) is 13.2 Å². The van der Waals surface area contributed by atoms with Crippen LogP contribution in [0.3, 0.4) is 0 Å². The van der Waals surface area contributed by atoms with Crippen LogP contribution in [0.15, 0.2) is 59.3 Å². The minimum absolute atomic E-state index is 0.207. The fourth-order valence-corrected chi connectivity index (χ4v) is 3.54. The third-order valence-corrected chi connectivity index (χ3v) is 5.18. The van der Waals surface area contributed by atoms with Crippen molar-refractivity contribution in [3.8, 4) is 11.3 Å². The number of hydrogen-bond donors (Lipinski definition) is 3. The second kappa shape index (κ2) is 9.79. The number of carbonyl (C=O) groups is 1. The summed E-state index contributed by atoms with van der Waals surface area (Å²) in [5.74, 6) is 0. The summed E-state index contributed by atoms with van der Waals surface area (Å²) in [5.41, 5.74) is 9.47. The Bertz CT molecular complexity index is 1330. The number of nitrogen functional groups attached to an aromatic ring is 1. The molecule has 0 fully saturated rings. The van der Waals surface area contributed by atoms with Gasteiger partial charge in [-0.15, -0.1) is 11.3 Å². The predicted octanol–water partition coefficient (Wildman–Crippen LogP) is 4.27. The van der Waals surface area contributed by atoms with E-state index in [0.717, 1.165) is 11.3 Å². The topological polar surface area (TPSA) is 119 Å². The van der Waals surface area contributed by atoms with E-state index in [2.05, 4.69) is 20.4 Å². The number of nitrogens with two attached hydrogens (primary N) is 1. The number of hydrogen-bond acceptors (Lipinski definition) is 7. The number of oxime groups is 1. The summed E-state index contributed by atoms with van der Waals surface area (Å²) in [4.78, 5) is 25.4. The number of urea groups is 1. The van der Waals surface area contributed by atoms with Crippen molar-refractivity contribution in [2.75, 3.05) is 17.6 Å². The number of nitrogens with zero attached hydrogens (tertiary/aromatic N) is 4. The van der Waals surface area contributed by atoms with Crippen molar-refractivity contribution in [3.05, 3.63) is 65.4 Å². The molecule has 1 aromatic carbocycles. The molecule has 0 aliphatic heterocycles. The number of halogens is 3. The lowest BCUT2D eigenvalue weighted by atomic mass is 10.1. The monoisotopic (exact) mass is 489 g/mol. The van der Waals surface area contributed by atoms with Crippen molar-refractivity contribution < 1.29 is 22.8 Å². The van der Waals surface area contributed by atoms with Crippen LogP contribution in [0.25, 0.3) is 16.9 Å². The molecule has 9 nitrogen and oxygen atoms in total. The molecule has 4 rings (SSSR count). The average Bonchev–Trinajstić information content (AvgIpc) is 3.40. The molecule has 0 unspecified atom stereocenters. The number of anilines is 2. The van der Waals surface area contributed by atoms with Gasteiger partial charge in [0.15, 0.2) is 11.7 Å². The van der Waals surface area contributed by atoms with Crippen molar-refractivity contribution in [3.63, 3.8) is 0 Å². The summed E-state index contributed by atoms with van der Waals surface area (Å²) in [6, 6.07) is 9.39. The molecule has 176 valence electrons. The SMILES string of the molecule is Nc1nc(CON=Cc2ccn3c(-c4cccc(NC(=O)NCC(F)(F)F)c4)cnc3c2)cs1. The maximum Gasteiger partial charge on any atom is 0.405 e. The molecule has 0 aliphatic carbocycles. The summed E-state index contributed by atoms with van der Waals surface area (Å²) in [6.07, 6.45) is 0.522. The highest BCUT2D eigenvalue weighted by Crippen LogP contribution is 2.24. The zero-order valence-corrected chi connectivity index (χ0v) is 18.2. The molecule has 4 N–H and O–H groups in total. The van der Waals surface area contributed by atoms with Crippen LogP contribution in [0.1, 0.15) is 11.3 Å². The van der Waals surface area contributed by atoms with Crippen LogP contribution in [0.2, 0.25) is 0 Å². The molecule has 0 radical (unpaired) electrons. The molecule has 13 heteroatoms. The lowest BCUT2D eigenvalue weighted by Gasteiger charge is -2.10. The molecule has 3 aromatic heterocycles.